The van der Waals surface area contributed by atoms with Crippen molar-refractivity contribution >= 4 is 15.9 Å². The molecule has 0 aliphatic heterocycles. The van der Waals surface area contributed by atoms with Crippen LogP contribution in [0.4, 0.5) is 0 Å². The third kappa shape index (κ3) is 3.59. The van der Waals surface area contributed by atoms with Gasteiger partial charge in [0.25, 0.3) is 0 Å². The van der Waals surface area contributed by atoms with E-state index in [0.29, 0.717) is 3.63 Å². The number of hydrogen-bond donors (Lipinski definition) is 0. The summed E-state index contributed by atoms with van der Waals surface area (Å²) in [4.78, 5) is 0. The van der Waals surface area contributed by atoms with E-state index in [9.17, 15) is 0 Å². The average Bonchev–Trinajstić information content (AvgIpc) is 2.83. The number of hydrogen-bond acceptors (Lipinski definition) is 0. The second kappa shape index (κ2) is 7.75. The first kappa shape index (κ1) is 17.1. The van der Waals surface area contributed by atoms with Gasteiger partial charge < -0.3 is 24.8 Å². The fraction of sp³-hybridized carbons (Fsp3) is 0.0667. The Morgan fingerprint density at radius 2 is 1.47 bits per heavy atom. The summed E-state index contributed by atoms with van der Waals surface area (Å²) < 4.78 is 2.26. The number of halogens is 2. The van der Waals surface area contributed by atoms with E-state index in [0.717, 1.165) is 0 Å². The maximum absolute atomic E-state index is 3.18. The molecule has 2 aromatic carbocycles. The Labute approximate surface area is 136 Å². The Bertz CT molecular complexity index is 557. The van der Waals surface area contributed by atoms with Gasteiger partial charge in [0.05, 0.1) is 0 Å². The van der Waals surface area contributed by atoms with Crippen LogP contribution < -0.4 is 28.1 Å². The topological polar surface area (TPSA) is 0 Å². The monoisotopic (exact) mass is 385 g/mol. The summed E-state index contributed by atoms with van der Waals surface area (Å²) in [5.74, 6) is 0. The van der Waals surface area contributed by atoms with Crippen molar-refractivity contribution in [3.8, 4) is 0 Å². The van der Waals surface area contributed by atoms with Crippen molar-refractivity contribution in [2.45, 2.75) is 3.63 Å². The van der Waals surface area contributed by atoms with Crippen LogP contribution >= 0.6 is 6.53 Å². The zero-order valence-electron chi connectivity index (χ0n) is 10.3. The summed E-state index contributed by atoms with van der Waals surface area (Å²) in [5, 5.41) is 0. The fourth-order valence-electron chi connectivity index (χ4n) is 2.33. The van der Waals surface area contributed by atoms with Crippen LogP contribution in [0.15, 0.2) is 60.7 Å². The van der Waals surface area contributed by atoms with Gasteiger partial charge in [0, 0.05) is 0 Å². The molecule has 0 fully saturated rings. The van der Waals surface area contributed by atoms with E-state index >= 15 is 0 Å². The minimum absolute atomic E-state index is 0. The van der Waals surface area contributed by atoms with Gasteiger partial charge in [-0.2, -0.15) is 0 Å². The van der Waals surface area contributed by atoms with E-state index in [4.69, 9.17) is 0 Å². The summed E-state index contributed by atoms with van der Waals surface area (Å²) in [5.41, 5.74) is 2.94. The average molecular weight is 387 g/mol. The van der Waals surface area contributed by atoms with Gasteiger partial charge in [-0.25, -0.2) is 0 Å². The zero-order valence-corrected chi connectivity index (χ0v) is 15.4. The molecule has 0 aromatic heterocycles. The van der Waals surface area contributed by atoms with Crippen LogP contribution in [0.5, 0.6) is 0 Å². The standard InChI is InChI=1S/C9H7.C6H5.2ClH.H2P.Zr/c1-2-5-9-7-3-6-8(9)4-1;1-2-4-6-5-3-1;;;;/h1-7H;1-5H;2*1H;1H2;/q;;;;-1;+3/p-2. The number of rotatable bonds is 2. The first-order valence-electron chi connectivity index (χ1n) is 5.81. The van der Waals surface area contributed by atoms with Gasteiger partial charge in [0.2, 0.25) is 0 Å². The molecule has 19 heavy (non-hydrogen) atoms. The van der Waals surface area contributed by atoms with Gasteiger partial charge in [-0.1, -0.05) is 0 Å². The predicted octanol–water partition coefficient (Wildman–Crippen LogP) is -2.50. The van der Waals surface area contributed by atoms with Crippen molar-refractivity contribution < 1.29 is 46.0 Å². The van der Waals surface area contributed by atoms with Crippen LogP contribution in [0.25, 0.3) is 6.08 Å². The molecule has 0 bridgehead atoms. The van der Waals surface area contributed by atoms with Crippen molar-refractivity contribution in [2.75, 3.05) is 0 Å². The van der Waals surface area contributed by atoms with E-state index in [1.807, 2.05) is 0 Å². The van der Waals surface area contributed by atoms with Crippen LogP contribution in [-0.2, 0) is 21.2 Å². The second-order valence-electron chi connectivity index (χ2n) is 4.29. The molecule has 97 valence electrons. The molecule has 2 atom stereocenters. The minimum atomic E-state index is -1.63. The van der Waals surface area contributed by atoms with E-state index in [1.54, 1.807) is 3.27 Å². The molecule has 1 aliphatic rings. The van der Waals surface area contributed by atoms with Gasteiger partial charge in [0.15, 0.2) is 0 Å². The van der Waals surface area contributed by atoms with Crippen LogP contribution in [0, 0.1) is 0 Å². The molecule has 0 amide bonds. The van der Waals surface area contributed by atoms with Crippen molar-refractivity contribution in [1.29, 1.82) is 0 Å². The summed E-state index contributed by atoms with van der Waals surface area (Å²) in [6.45, 7) is 3.18. The Morgan fingerprint density at radius 3 is 2.21 bits per heavy atom. The summed E-state index contributed by atoms with van der Waals surface area (Å²) >= 11 is -1.63. The first-order valence-corrected chi connectivity index (χ1v) is 13.3. The normalized spacial score (nSPS) is 15.1. The molecular formula is C15H14Cl2PZr. The number of benzene rings is 2. The molecule has 1 aliphatic carbocycles. The van der Waals surface area contributed by atoms with Gasteiger partial charge in [0.1, 0.15) is 0 Å². The van der Waals surface area contributed by atoms with Crippen LogP contribution in [0.1, 0.15) is 14.8 Å². The van der Waals surface area contributed by atoms with Crippen molar-refractivity contribution in [2.24, 2.45) is 0 Å². The van der Waals surface area contributed by atoms with Gasteiger partial charge in [-0.3, -0.25) is 0 Å². The third-order valence-corrected chi connectivity index (χ3v) is 12.7. The maximum atomic E-state index is 3.18. The Balaban J connectivity index is 0.000000902. The molecule has 0 nitrogen and oxygen atoms in total. The molecule has 0 saturated carbocycles. The first-order chi connectivity index (χ1) is 8.36. The van der Waals surface area contributed by atoms with Crippen LogP contribution in [0.3, 0.4) is 0 Å². The molecule has 2 unspecified atom stereocenters. The van der Waals surface area contributed by atoms with Gasteiger partial charge in [-0.15, -0.1) is 0 Å². The Morgan fingerprint density at radius 1 is 0.842 bits per heavy atom. The fourth-order valence-corrected chi connectivity index (χ4v) is 9.71. The SMILES string of the molecule is [Cl-].[Cl-].[PH2][Zr+2]([c]1ccccc1)[CH]1C=Cc2ccccc21. The second-order valence-corrected chi connectivity index (χ2v) is 13.2. The third-order valence-electron chi connectivity index (χ3n) is 3.24. The number of fused-ring (bicyclic) bond motifs is 1. The summed E-state index contributed by atoms with van der Waals surface area (Å²) in [7, 11) is 0. The van der Waals surface area contributed by atoms with Crippen molar-refractivity contribution in [1.82, 2.24) is 0 Å². The molecule has 0 heterocycles. The Hall–Kier alpha value is 0.0731. The zero-order chi connectivity index (χ0) is 11.7. The molecule has 3 rings (SSSR count). The molecule has 0 radical (unpaired) electrons. The quantitative estimate of drug-likeness (QED) is 0.500. The van der Waals surface area contributed by atoms with Crippen molar-refractivity contribution in [3.05, 3.63) is 71.8 Å². The number of allylic oxidation sites excluding steroid dienone is 1. The molecular weight excluding hydrogens is 373 g/mol. The molecule has 0 saturated heterocycles. The van der Waals surface area contributed by atoms with Crippen LogP contribution in [0.2, 0.25) is 0 Å². The molecule has 2 aromatic rings. The van der Waals surface area contributed by atoms with E-state index in [1.165, 1.54) is 11.1 Å². The van der Waals surface area contributed by atoms with Gasteiger partial charge in [-0.05, 0) is 0 Å². The summed E-state index contributed by atoms with van der Waals surface area (Å²) in [6.07, 6.45) is 4.69. The molecule has 4 heteroatoms. The van der Waals surface area contributed by atoms with Gasteiger partial charge >= 0.3 is 112 Å². The predicted molar refractivity (Wildman–Crippen MR) is 74.0 cm³/mol. The Kier molecular flexibility index (Phi) is 6.98. The van der Waals surface area contributed by atoms with Crippen molar-refractivity contribution in [3.63, 3.8) is 0 Å². The van der Waals surface area contributed by atoms with E-state index < -0.39 is 21.2 Å². The molecule has 0 spiro atoms. The molecule has 0 N–H and O–H groups in total. The van der Waals surface area contributed by atoms with E-state index in [2.05, 4.69) is 73.3 Å². The van der Waals surface area contributed by atoms with Crippen LogP contribution in [-0.4, -0.2) is 0 Å². The summed E-state index contributed by atoms with van der Waals surface area (Å²) in [6, 6.07) is 19.8. The van der Waals surface area contributed by atoms with E-state index in [-0.39, 0.29) is 24.8 Å².